The van der Waals surface area contributed by atoms with Crippen molar-refractivity contribution < 1.29 is 0 Å². The van der Waals surface area contributed by atoms with Gasteiger partial charge in [-0.25, -0.2) is 0 Å². The van der Waals surface area contributed by atoms with Gasteiger partial charge >= 0.3 is 0 Å². The number of nitrogens with zero attached hydrogens (tertiary/aromatic N) is 6. The van der Waals surface area contributed by atoms with Crippen molar-refractivity contribution in [2.45, 2.75) is 32.9 Å². The highest BCUT2D eigenvalue weighted by molar-refractivity contribution is 5.51. The zero-order chi connectivity index (χ0) is 17.1. The molecule has 3 aromatic rings. The lowest BCUT2D eigenvalue weighted by Crippen LogP contribution is -2.36. The summed E-state index contributed by atoms with van der Waals surface area (Å²) in [6.07, 6.45) is 6.23. The maximum atomic E-state index is 4.35. The molecule has 1 fully saturated rings. The fraction of sp³-hybridized carbons (Fsp3) is 0.444. The second-order valence-electron chi connectivity index (χ2n) is 6.83. The van der Waals surface area contributed by atoms with Crippen molar-refractivity contribution in [2.24, 2.45) is 5.92 Å². The number of nitrogens with one attached hydrogen (secondary N) is 1. The number of aromatic nitrogens is 6. The third kappa shape index (κ3) is 3.93. The molecule has 0 saturated carbocycles. The summed E-state index contributed by atoms with van der Waals surface area (Å²) in [5.41, 5.74) is 3.94. The molecule has 1 aliphatic heterocycles. The van der Waals surface area contributed by atoms with E-state index in [-0.39, 0.29) is 0 Å². The largest absolute Gasteiger partial charge is 0.297 e. The Morgan fingerprint density at radius 2 is 2.24 bits per heavy atom. The van der Waals surface area contributed by atoms with Crippen LogP contribution in [0.1, 0.15) is 24.2 Å². The lowest BCUT2D eigenvalue weighted by atomic mass is 9.98. The zero-order valence-corrected chi connectivity index (χ0v) is 14.5. The molecular weight excluding hydrogens is 314 g/mol. The average molecular weight is 337 g/mol. The molecule has 0 spiro atoms. The van der Waals surface area contributed by atoms with E-state index < -0.39 is 0 Å². The van der Waals surface area contributed by atoms with Crippen molar-refractivity contribution in [3.63, 3.8) is 0 Å². The Bertz CT molecular complexity index is 808. The van der Waals surface area contributed by atoms with E-state index in [0.29, 0.717) is 5.92 Å². The van der Waals surface area contributed by atoms with Crippen molar-refractivity contribution in [1.82, 2.24) is 35.1 Å². The van der Waals surface area contributed by atoms with E-state index in [0.717, 1.165) is 49.0 Å². The summed E-state index contributed by atoms with van der Waals surface area (Å²) in [5.74, 6) is 0.590. The lowest BCUT2D eigenvalue weighted by Gasteiger charge is -2.32. The van der Waals surface area contributed by atoms with Gasteiger partial charge in [-0.05, 0) is 50.4 Å². The van der Waals surface area contributed by atoms with E-state index in [1.807, 2.05) is 36.0 Å². The highest BCUT2D eigenvalue weighted by Crippen LogP contribution is 2.20. The fourth-order valence-electron chi connectivity index (χ4n) is 3.51. The predicted octanol–water partition coefficient (Wildman–Crippen LogP) is 2.28. The number of likely N-dealkylation sites (tertiary alicyclic amines) is 1. The van der Waals surface area contributed by atoms with Gasteiger partial charge in [-0.1, -0.05) is 11.3 Å². The van der Waals surface area contributed by atoms with Crippen LogP contribution in [-0.2, 0) is 13.1 Å². The van der Waals surface area contributed by atoms with Crippen molar-refractivity contribution in [1.29, 1.82) is 0 Å². The third-order valence-corrected chi connectivity index (χ3v) is 4.66. The Labute approximate surface area is 147 Å². The first-order valence-electron chi connectivity index (χ1n) is 8.81. The van der Waals surface area contributed by atoms with Crippen molar-refractivity contribution >= 4 is 0 Å². The van der Waals surface area contributed by atoms with Crippen LogP contribution >= 0.6 is 0 Å². The maximum absolute atomic E-state index is 4.35. The molecule has 1 aliphatic rings. The summed E-state index contributed by atoms with van der Waals surface area (Å²) in [4.78, 5) is 6.82. The number of piperidine rings is 1. The van der Waals surface area contributed by atoms with E-state index in [9.17, 15) is 0 Å². The summed E-state index contributed by atoms with van der Waals surface area (Å²) in [6, 6.07) is 7.96. The molecule has 0 amide bonds. The molecular formula is C18H23N7. The first-order chi connectivity index (χ1) is 12.3. The summed E-state index contributed by atoms with van der Waals surface area (Å²) in [7, 11) is 0. The van der Waals surface area contributed by atoms with Gasteiger partial charge < -0.3 is 0 Å². The average Bonchev–Trinajstić information content (AvgIpc) is 3.25. The Kier molecular flexibility index (Phi) is 4.56. The van der Waals surface area contributed by atoms with Crippen LogP contribution < -0.4 is 0 Å². The van der Waals surface area contributed by atoms with Gasteiger partial charge in [0, 0.05) is 31.5 Å². The van der Waals surface area contributed by atoms with E-state index in [2.05, 4.69) is 36.5 Å². The molecule has 4 rings (SSSR count). The van der Waals surface area contributed by atoms with Crippen molar-refractivity contribution in [2.75, 3.05) is 13.1 Å². The number of hydrogen-bond acceptors (Lipinski definition) is 5. The van der Waals surface area contributed by atoms with E-state index in [1.54, 1.807) is 6.20 Å². The Hall–Kier alpha value is -2.54. The molecule has 1 N–H and O–H groups in total. The predicted molar refractivity (Wildman–Crippen MR) is 94.6 cm³/mol. The highest BCUT2D eigenvalue weighted by atomic mass is 15.4. The molecule has 25 heavy (non-hydrogen) atoms. The topological polar surface area (TPSA) is 75.5 Å². The van der Waals surface area contributed by atoms with E-state index in [1.165, 1.54) is 12.8 Å². The van der Waals surface area contributed by atoms with Crippen LogP contribution in [-0.4, -0.2) is 48.2 Å². The number of H-pyrrole nitrogens is 1. The molecule has 0 aliphatic carbocycles. The van der Waals surface area contributed by atoms with Crippen molar-refractivity contribution in [3.05, 3.63) is 48.0 Å². The van der Waals surface area contributed by atoms with Gasteiger partial charge in [-0.3, -0.25) is 19.7 Å². The summed E-state index contributed by atoms with van der Waals surface area (Å²) in [6.45, 7) is 6.07. The second kappa shape index (κ2) is 7.14. The van der Waals surface area contributed by atoms with E-state index >= 15 is 0 Å². The number of aromatic amines is 1. The number of aryl methyl sites for hydroxylation is 1. The standard InChI is InChI=1S/C18H23N7/c1-14-9-16(21-20-14)12-24-8-4-5-15(10-24)11-25-13-18(22-23-25)17-6-2-3-7-19-17/h2-3,6-7,9,13,15H,4-5,8,10-12H2,1H3,(H,20,21)/t15-/m1/s1. The van der Waals surface area contributed by atoms with Gasteiger partial charge in [0.25, 0.3) is 0 Å². The normalized spacial score (nSPS) is 18.5. The highest BCUT2D eigenvalue weighted by Gasteiger charge is 2.21. The summed E-state index contributed by atoms with van der Waals surface area (Å²) in [5, 5.41) is 15.9. The minimum Gasteiger partial charge on any atom is -0.297 e. The van der Waals surface area contributed by atoms with Crippen LogP contribution in [0.2, 0.25) is 0 Å². The van der Waals surface area contributed by atoms with Gasteiger partial charge in [0.15, 0.2) is 0 Å². The smallest absolute Gasteiger partial charge is 0.131 e. The van der Waals surface area contributed by atoms with Gasteiger partial charge in [-0.2, -0.15) is 5.10 Å². The van der Waals surface area contributed by atoms with E-state index in [4.69, 9.17) is 0 Å². The number of hydrogen-bond donors (Lipinski definition) is 1. The lowest BCUT2D eigenvalue weighted by molar-refractivity contribution is 0.151. The van der Waals surface area contributed by atoms with Gasteiger partial charge in [0.1, 0.15) is 5.69 Å². The first-order valence-corrected chi connectivity index (χ1v) is 8.81. The van der Waals surface area contributed by atoms with Crippen molar-refractivity contribution in [3.8, 4) is 11.4 Å². The van der Waals surface area contributed by atoms with Gasteiger partial charge in [0.05, 0.1) is 17.6 Å². The second-order valence-corrected chi connectivity index (χ2v) is 6.83. The fourth-order valence-corrected chi connectivity index (χ4v) is 3.51. The Morgan fingerprint density at radius 1 is 1.28 bits per heavy atom. The minimum absolute atomic E-state index is 0.590. The first kappa shape index (κ1) is 16.0. The monoisotopic (exact) mass is 337 g/mol. The van der Waals surface area contributed by atoms with Crippen LogP contribution in [0.3, 0.4) is 0 Å². The maximum Gasteiger partial charge on any atom is 0.131 e. The summed E-state index contributed by atoms with van der Waals surface area (Å²) >= 11 is 0. The molecule has 1 atom stereocenters. The van der Waals surface area contributed by atoms with Crippen LogP contribution in [0, 0.1) is 12.8 Å². The number of rotatable bonds is 5. The van der Waals surface area contributed by atoms with Gasteiger partial charge in [-0.15, -0.1) is 5.10 Å². The number of pyridine rings is 1. The molecule has 130 valence electrons. The molecule has 3 aromatic heterocycles. The molecule has 0 aromatic carbocycles. The molecule has 7 nitrogen and oxygen atoms in total. The third-order valence-electron chi connectivity index (χ3n) is 4.66. The molecule has 4 heterocycles. The summed E-state index contributed by atoms with van der Waals surface area (Å²) < 4.78 is 1.96. The van der Waals surface area contributed by atoms with Crippen LogP contribution in [0.25, 0.3) is 11.4 Å². The Balaban J connectivity index is 1.37. The molecule has 0 radical (unpaired) electrons. The van der Waals surface area contributed by atoms with Crippen LogP contribution in [0.4, 0.5) is 0 Å². The van der Waals surface area contributed by atoms with Crippen LogP contribution in [0.15, 0.2) is 36.7 Å². The van der Waals surface area contributed by atoms with Gasteiger partial charge in [0.2, 0.25) is 0 Å². The molecule has 1 saturated heterocycles. The Morgan fingerprint density at radius 3 is 3.04 bits per heavy atom. The van der Waals surface area contributed by atoms with Crippen LogP contribution in [0.5, 0.6) is 0 Å². The quantitative estimate of drug-likeness (QED) is 0.773. The zero-order valence-electron chi connectivity index (χ0n) is 14.5. The molecule has 0 bridgehead atoms. The minimum atomic E-state index is 0.590. The SMILES string of the molecule is Cc1cc(CN2CCC[C@@H](Cn3cc(-c4ccccn4)nn3)C2)n[nH]1. The molecule has 0 unspecified atom stereocenters. The molecule has 7 heteroatoms.